The minimum Gasteiger partial charge on any atom is -0.388 e. The molecule has 188 valence electrons. The minimum atomic E-state index is -1.11. The molecule has 1 aliphatic heterocycles. The highest BCUT2D eigenvalue weighted by Gasteiger charge is 2.34. The Kier molecular flexibility index (Phi) is 6.87. The van der Waals surface area contributed by atoms with Crippen molar-refractivity contribution in [1.29, 1.82) is 0 Å². The summed E-state index contributed by atoms with van der Waals surface area (Å²) < 4.78 is 55.7. The number of carbonyl (C=O) groups excluding carboxylic acids is 2. The van der Waals surface area contributed by atoms with Gasteiger partial charge in [-0.3, -0.25) is 9.69 Å². The van der Waals surface area contributed by atoms with E-state index in [0.717, 1.165) is 5.56 Å². The summed E-state index contributed by atoms with van der Waals surface area (Å²) in [6.45, 7) is 1.23. The lowest BCUT2D eigenvalue weighted by atomic mass is 9.98. The summed E-state index contributed by atoms with van der Waals surface area (Å²) in [6.07, 6.45) is 0. The Hall–Kier alpha value is -4.08. The molecule has 3 aromatic rings. The van der Waals surface area contributed by atoms with Gasteiger partial charge >= 0.3 is 6.03 Å². The van der Waals surface area contributed by atoms with E-state index in [1.165, 1.54) is 28.0 Å². The number of nitrogens with one attached hydrogen (secondary N) is 2. The lowest BCUT2D eigenvalue weighted by Gasteiger charge is -2.40. The average molecular weight is 500 g/mol. The lowest BCUT2D eigenvalue weighted by Crippen LogP contribution is -2.46. The van der Waals surface area contributed by atoms with Crippen LogP contribution in [0, 0.1) is 23.3 Å². The summed E-state index contributed by atoms with van der Waals surface area (Å²) in [5.74, 6) is -4.43. The summed E-state index contributed by atoms with van der Waals surface area (Å²) in [5, 5.41) is 5.34. The Morgan fingerprint density at radius 3 is 2.33 bits per heavy atom. The number of benzene rings is 3. The van der Waals surface area contributed by atoms with Crippen LogP contribution in [0.4, 0.5) is 33.7 Å². The normalized spacial score (nSPS) is 15.1. The van der Waals surface area contributed by atoms with E-state index in [4.69, 9.17) is 0 Å². The van der Waals surface area contributed by atoms with E-state index < -0.39 is 41.3 Å². The fourth-order valence-electron chi connectivity index (χ4n) is 4.22. The molecule has 3 aromatic carbocycles. The zero-order valence-corrected chi connectivity index (χ0v) is 19.8. The van der Waals surface area contributed by atoms with Gasteiger partial charge in [0.15, 0.2) is 0 Å². The highest BCUT2D eigenvalue weighted by Crippen LogP contribution is 2.38. The molecule has 1 heterocycles. The van der Waals surface area contributed by atoms with E-state index in [0.29, 0.717) is 23.5 Å². The van der Waals surface area contributed by atoms with Crippen molar-refractivity contribution in [3.63, 3.8) is 0 Å². The molecule has 0 radical (unpaired) electrons. The van der Waals surface area contributed by atoms with Gasteiger partial charge in [0.05, 0.1) is 18.3 Å². The van der Waals surface area contributed by atoms with Crippen molar-refractivity contribution in [3.8, 4) is 0 Å². The summed E-state index contributed by atoms with van der Waals surface area (Å²) in [4.78, 5) is 28.9. The molecule has 0 spiro atoms. The molecule has 0 bridgehead atoms. The van der Waals surface area contributed by atoms with Crippen LogP contribution in [0.1, 0.15) is 40.0 Å². The van der Waals surface area contributed by atoms with Gasteiger partial charge in [0, 0.05) is 55.2 Å². The Morgan fingerprint density at radius 1 is 0.972 bits per heavy atom. The Morgan fingerprint density at radius 2 is 1.67 bits per heavy atom. The van der Waals surface area contributed by atoms with E-state index in [1.54, 1.807) is 32.3 Å². The largest absolute Gasteiger partial charge is 0.388 e. The maximum atomic E-state index is 14.7. The molecule has 10 heteroatoms. The molecule has 0 fully saturated rings. The standard InChI is InChI=1S/C26H24F4N4O2/c1-14-17-8-7-15(25(35)32-12-18-21(29)10-16(27)11-22(18)30)9-24(17)34(26(36)33(14)3)13-19-20(28)5-4-6-23(19)31-2/h4-11,14,31H,12-13H2,1-3H3,(H,32,35). The van der Waals surface area contributed by atoms with Crippen LogP contribution in [0.3, 0.4) is 0 Å². The molecule has 0 aliphatic carbocycles. The van der Waals surface area contributed by atoms with Gasteiger partial charge in [0.2, 0.25) is 0 Å². The first-order valence-corrected chi connectivity index (χ1v) is 11.2. The van der Waals surface area contributed by atoms with Crippen LogP contribution in [0.5, 0.6) is 0 Å². The van der Waals surface area contributed by atoms with Gasteiger partial charge in [-0.15, -0.1) is 0 Å². The summed E-state index contributed by atoms with van der Waals surface area (Å²) in [7, 11) is 3.28. The third-order valence-corrected chi connectivity index (χ3v) is 6.38. The molecule has 0 saturated heterocycles. The third-order valence-electron chi connectivity index (χ3n) is 6.38. The molecule has 1 aliphatic rings. The predicted octanol–water partition coefficient (Wildman–Crippen LogP) is 5.35. The molecule has 6 nitrogen and oxygen atoms in total. The number of carbonyl (C=O) groups is 2. The zero-order valence-electron chi connectivity index (χ0n) is 19.8. The van der Waals surface area contributed by atoms with Crippen molar-refractivity contribution in [2.45, 2.75) is 26.1 Å². The summed E-state index contributed by atoms with van der Waals surface area (Å²) >= 11 is 0. The summed E-state index contributed by atoms with van der Waals surface area (Å²) in [6, 6.07) is 9.63. The number of fused-ring (bicyclic) bond motifs is 1. The molecule has 3 amide bonds. The van der Waals surface area contributed by atoms with Gasteiger partial charge in [-0.1, -0.05) is 12.1 Å². The van der Waals surface area contributed by atoms with E-state index in [-0.39, 0.29) is 29.7 Å². The highest BCUT2D eigenvalue weighted by molar-refractivity contribution is 6.00. The maximum absolute atomic E-state index is 14.7. The maximum Gasteiger partial charge on any atom is 0.325 e. The van der Waals surface area contributed by atoms with E-state index in [2.05, 4.69) is 10.6 Å². The van der Waals surface area contributed by atoms with Crippen LogP contribution in [-0.2, 0) is 13.1 Å². The van der Waals surface area contributed by atoms with Gasteiger partial charge in [0.25, 0.3) is 5.91 Å². The van der Waals surface area contributed by atoms with Gasteiger partial charge in [-0.2, -0.15) is 0 Å². The number of hydrogen-bond donors (Lipinski definition) is 2. The van der Waals surface area contributed by atoms with Gasteiger partial charge in [-0.05, 0) is 36.8 Å². The quantitative estimate of drug-likeness (QED) is 0.449. The van der Waals surface area contributed by atoms with Crippen LogP contribution >= 0.6 is 0 Å². The second kappa shape index (κ2) is 9.88. The monoisotopic (exact) mass is 500 g/mol. The van der Waals surface area contributed by atoms with Crippen LogP contribution in [-0.4, -0.2) is 30.9 Å². The SMILES string of the molecule is CNc1cccc(F)c1CN1C(=O)N(C)C(C)c2ccc(C(=O)NCc3c(F)cc(F)cc3F)cc21. The van der Waals surface area contributed by atoms with Gasteiger partial charge in [-0.25, -0.2) is 22.4 Å². The first-order valence-electron chi connectivity index (χ1n) is 11.2. The molecule has 0 aromatic heterocycles. The third kappa shape index (κ3) is 4.58. The van der Waals surface area contributed by atoms with E-state index in [1.807, 2.05) is 6.92 Å². The van der Waals surface area contributed by atoms with Crippen molar-refractivity contribution in [3.05, 3.63) is 94.1 Å². The number of hydrogen-bond acceptors (Lipinski definition) is 3. The van der Waals surface area contributed by atoms with Crippen molar-refractivity contribution in [2.75, 3.05) is 24.3 Å². The topological polar surface area (TPSA) is 64.7 Å². The second-order valence-electron chi connectivity index (χ2n) is 8.48. The average Bonchev–Trinajstić information content (AvgIpc) is 2.84. The predicted molar refractivity (Wildman–Crippen MR) is 128 cm³/mol. The van der Waals surface area contributed by atoms with Gasteiger partial charge < -0.3 is 15.5 Å². The Balaban J connectivity index is 1.66. The van der Waals surface area contributed by atoms with Crippen molar-refractivity contribution in [2.24, 2.45) is 0 Å². The molecule has 0 saturated carbocycles. The molecular weight excluding hydrogens is 476 g/mol. The number of halogens is 4. The fraction of sp³-hybridized carbons (Fsp3) is 0.231. The Bertz CT molecular complexity index is 1320. The van der Waals surface area contributed by atoms with Crippen LogP contribution < -0.4 is 15.5 Å². The number of anilines is 2. The molecule has 4 rings (SSSR count). The first-order chi connectivity index (χ1) is 17.1. The number of nitrogens with zero attached hydrogens (tertiary/aromatic N) is 2. The van der Waals surface area contributed by atoms with Crippen molar-refractivity contribution >= 4 is 23.3 Å². The minimum absolute atomic E-state index is 0.0944. The van der Waals surface area contributed by atoms with Gasteiger partial charge in [0.1, 0.15) is 23.3 Å². The molecule has 36 heavy (non-hydrogen) atoms. The van der Waals surface area contributed by atoms with Crippen LogP contribution in [0.15, 0.2) is 48.5 Å². The van der Waals surface area contributed by atoms with Crippen molar-refractivity contribution in [1.82, 2.24) is 10.2 Å². The summed E-state index contributed by atoms with van der Waals surface area (Å²) in [5.41, 5.74) is 1.61. The number of rotatable bonds is 6. The number of amides is 3. The Labute approximate surface area is 205 Å². The first kappa shape index (κ1) is 25.0. The van der Waals surface area contributed by atoms with Crippen molar-refractivity contribution < 1.29 is 27.2 Å². The lowest BCUT2D eigenvalue weighted by molar-refractivity contribution is 0.0950. The highest BCUT2D eigenvalue weighted by atomic mass is 19.1. The van der Waals surface area contributed by atoms with E-state index in [9.17, 15) is 27.2 Å². The molecule has 1 atom stereocenters. The molecular formula is C26H24F4N4O2. The van der Waals surface area contributed by atoms with E-state index >= 15 is 0 Å². The zero-order chi connectivity index (χ0) is 26.1. The fourth-order valence-corrected chi connectivity index (χ4v) is 4.22. The molecule has 1 unspecified atom stereocenters. The smallest absolute Gasteiger partial charge is 0.325 e. The number of urea groups is 1. The second-order valence-corrected chi connectivity index (χ2v) is 8.48. The van der Waals surface area contributed by atoms with Crippen LogP contribution in [0.2, 0.25) is 0 Å². The molecule has 2 N–H and O–H groups in total. The van der Waals surface area contributed by atoms with Crippen LogP contribution in [0.25, 0.3) is 0 Å².